The third kappa shape index (κ3) is 1.94. The normalized spacial score (nSPS) is 10.7. The average Bonchev–Trinajstić information content (AvgIpc) is 2.41. The van der Waals surface area contributed by atoms with Gasteiger partial charge in [0.1, 0.15) is 0 Å². The van der Waals surface area contributed by atoms with E-state index in [4.69, 9.17) is 18.0 Å². The summed E-state index contributed by atoms with van der Waals surface area (Å²) in [5.41, 5.74) is 7.54. The molecule has 0 saturated heterocycles. The molecule has 0 fully saturated rings. The molecule has 0 aliphatic heterocycles. The van der Waals surface area contributed by atoms with Gasteiger partial charge in [-0.1, -0.05) is 18.2 Å². The third-order valence-corrected chi connectivity index (χ3v) is 3.22. The zero-order valence-corrected chi connectivity index (χ0v) is 10.8. The van der Waals surface area contributed by atoms with Crippen molar-refractivity contribution in [2.45, 2.75) is 0 Å². The predicted octanol–water partition coefficient (Wildman–Crippen LogP) is 2.63. The second-order valence-electron chi connectivity index (χ2n) is 4.21. The van der Waals surface area contributed by atoms with Crippen molar-refractivity contribution in [3.05, 3.63) is 63.7 Å². The number of nitrogen functional groups attached to an aromatic ring is 1. The van der Waals surface area contributed by atoms with Gasteiger partial charge < -0.3 is 10.7 Å². The Morgan fingerprint density at radius 3 is 2.58 bits per heavy atom. The summed E-state index contributed by atoms with van der Waals surface area (Å²) in [4.78, 5) is 15.6. The summed E-state index contributed by atoms with van der Waals surface area (Å²) in [5, 5.41) is 0.525. The van der Waals surface area contributed by atoms with Gasteiger partial charge in [0.2, 0.25) is 0 Å². The van der Waals surface area contributed by atoms with Crippen LogP contribution < -0.4 is 11.3 Å². The Labute approximate surface area is 114 Å². The van der Waals surface area contributed by atoms with Crippen molar-refractivity contribution < 1.29 is 0 Å². The third-order valence-electron chi connectivity index (χ3n) is 2.94. The van der Waals surface area contributed by atoms with Crippen molar-refractivity contribution in [2.24, 2.45) is 0 Å². The lowest BCUT2D eigenvalue weighted by molar-refractivity contribution is 0.940. The van der Waals surface area contributed by atoms with Crippen LogP contribution in [0.2, 0.25) is 0 Å². The van der Waals surface area contributed by atoms with Crippen molar-refractivity contribution >= 4 is 28.8 Å². The van der Waals surface area contributed by atoms with Crippen molar-refractivity contribution in [1.82, 2.24) is 9.55 Å². The lowest BCUT2D eigenvalue weighted by Gasteiger charge is -2.08. The van der Waals surface area contributed by atoms with Crippen LogP contribution in [0.4, 0.5) is 5.69 Å². The maximum absolute atomic E-state index is 12.5. The highest BCUT2D eigenvalue weighted by atomic mass is 32.1. The molecule has 19 heavy (non-hydrogen) atoms. The topological polar surface area (TPSA) is 63.8 Å². The van der Waals surface area contributed by atoms with Crippen molar-refractivity contribution in [3.63, 3.8) is 0 Å². The van der Waals surface area contributed by atoms with E-state index in [2.05, 4.69) is 4.98 Å². The van der Waals surface area contributed by atoms with Crippen molar-refractivity contribution in [3.8, 4) is 5.69 Å². The fourth-order valence-electron chi connectivity index (χ4n) is 2.04. The van der Waals surface area contributed by atoms with Crippen LogP contribution in [-0.2, 0) is 0 Å². The summed E-state index contributed by atoms with van der Waals surface area (Å²) in [6, 6.07) is 14.4. The van der Waals surface area contributed by atoms with E-state index in [1.54, 1.807) is 18.2 Å². The second-order valence-corrected chi connectivity index (χ2v) is 4.60. The lowest BCUT2D eigenvalue weighted by atomic mass is 10.2. The number of fused-ring (bicyclic) bond motifs is 1. The van der Waals surface area contributed by atoms with E-state index in [9.17, 15) is 4.79 Å². The number of nitrogens with two attached hydrogens (primary N) is 1. The first kappa shape index (κ1) is 11.7. The number of anilines is 1. The number of para-hydroxylation sites is 1. The number of H-pyrrole nitrogens is 1. The molecule has 0 spiro atoms. The SMILES string of the molecule is Nc1ccc2[nH]c(=S)n(-c3ccccc3)c(=O)c2c1. The number of hydrogen-bond acceptors (Lipinski definition) is 3. The molecule has 94 valence electrons. The van der Waals surface area contributed by atoms with Crippen LogP contribution >= 0.6 is 12.2 Å². The van der Waals surface area contributed by atoms with E-state index in [1.165, 1.54) is 4.57 Å². The minimum atomic E-state index is -0.169. The molecule has 0 bridgehead atoms. The molecular formula is C14H11N3OS. The fraction of sp³-hybridized carbons (Fsp3) is 0. The standard InChI is InChI=1S/C14H11N3OS/c15-9-6-7-12-11(8-9)13(18)17(14(19)16-12)10-4-2-1-3-5-10/h1-8H,15H2,(H,16,19). The Balaban J connectivity index is 2.44. The van der Waals surface area contributed by atoms with Crippen molar-refractivity contribution in [1.29, 1.82) is 0 Å². The van der Waals surface area contributed by atoms with Crippen molar-refractivity contribution in [2.75, 3.05) is 5.73 Å². The van der Waals surface area contributed by atoms with Crippen LogP contribution in [0.15, 0.2) is 53.3 Å². The highest BCUT2D eigenvalue weighted by Gasteiger charge is 2.07. The van der Waals surface area contributed by atoms with E-state index in [0.717, 1.165) is 5.69 Å². The predicted molar refractivity (Wildman–Crippen MR) is 79.1 cm³/mol. The van der Waals surface area contributed by atoms with Gasteiger partial charge in [0.15, 0.2) is 4.77 Å². The van der Waals surface area contributed by atoms with Crippen LogP contribution in [0.1, 0.15) is 0 Å². The molecule has 0 aliphatic rings. The summed E-state index contributed by atoms with van der Waals surface area (Å²) in [7, 11) is 0. The quantitative estimate of drug-likeness (QED) is 0.527. The van der Waals surface area contributed by atoms with Crippen LogP contribution in [0.5, 0.6) is 0 Å². The zero-order valence-electron chi connectivity index (χ0n) is 9.96. The average molecular weight is 269 g/mol. The number of nitrogens with one attached hydrogen (secondary N) is 1. The molecule has 5 heteroatoms. The molecule has 3 N–H and O–H groups in total. The molecular weight excluding hydrogens is 258 g/mol. The molecule has 3 aromatic rings. The first-order chi connectivity index (χ1) is 9.16. The van der Waals surface area contributed by atoms with Gasteiger partial charge in [-0.05, 0) is 42.5 Å². The molecule has 0 amide bonds. The number of rotatable bonds is 1. The van der Waals surface area contributed by atoms with E-state index < -0.39 is 0 Å². The Bertz CT molecular complexity index is 865. The van der Waals surface area contributed by atoms with Gasteiger partial charge in [-0.3, -0.25) is 9.36 Å². The Morgan fingerprint density at radius 2 is 1.84 bits per heavy atom. The van der Waals surface area contributed by atoms with E-state index in [1.807, 2.05) is 30.3 Å². The smallest absolute Gasteiger partial charge is 0.266 e. The molecule has 0 unspecified atom stereocenters. The molecule has 0 aliphatic carbocycles. The molecule has 3 rings (SSSR count). The van der Waals surface area contributed by atoms with Crippen LogP contribution in [0.25, 0.3) is 16.6 Å². The van der Waals surface area contributed by atoms with Gasteiger partial charge in [0.25, 0.3) is 5.56 Å². The van der Waals surface area contributed by atoms with Crippen LogP contribution in [0.3, 0.4) is 0 Å². The fourth-order valence-corrected chi connectivity index (χ4v) is 2.34. The van der Waals surface area contributed by atoms with Gasteiger partial charge in [-0.15, -0.1) is 0 Å². The molecule has 0 radical (unpaired) electrons. The summed E-state index contributed by atoms with van der Waals surface area (Å²) in [6.45, 7) is 0. The van der Waals surface area contributed by atoms with Gasteiger partial charge in [-0.25, -0.2) is 0 Å². The molecule has 0 saturated carbocycles. The van der Waals surface area contributed by atoms with Gasteiger partial charge in [0, 0.05) is 5.69 Å². The van der Waals surface area contributed by atoms with Gasteiger partial charge in [0.05, 0.1) is 16.6 Å². The first-order valence-electron chi connectivity index (χ1n) is 5.77. The molecule has 1 heterocycles. The monoisotopic (exact) mass is 269 g/mol. The van der Waals surface area contributed by atoms with Crippen LogP contribution in [-0.4, -0.2) is 9.55 Å². The highest BCUT2D eigenvalue weighted by molar-refractivity contribution is 7.71. The zero-order chi connectivity index (χ0) is 13.4. The minimum Gasteiger partial charge on any atom is -0.399 e. The van der Waals surface area contributed by atoms with Gasteiger partial charge >= 0.3 is 0 Å². The number of nitrogens with zero attached hydrogens (tertiary/aromatic N) is 1. The maximum atomic E-state index is 12.5. The summed E-state index contributed by atoms with van der Waals surface area (Å²) < 4.78 is 1.84. The number of aromatic amines is 1. The maximum Gasteiger partial charge on any atom is 0.266 e. The molecule has 0 atom stereocenters. The number of aromatic nitrogens is 2. The number of hydrogen-bond donors (Lipinski definition) is 2. The van der Waals surface area contributed by atoms with E-state index in [0.29, 0.717) is 21.4 Å². The van der Waals surface area contributed by atoms with E-state index in [-0.39, 0.29) is 5.56 Å². The molecule has 2 aromatic carbocycles. The summed E-state index contributed by atoms with van der Waals surface area (Å²) >= 11 is 5.26. The summed E-state index contributed by atoms with van der Waals surface area (Å²) in [5.74, 6) is 0. The van der Waals surface area contributed by atoms with Crippen LogP contribution in [0, 0.1) is 4.77 Å². The molecule has 4 nitrogen and oxygen atoms in total. The highest BCUT2D eigenvalue weighted by Crippen LogP contribution is 2.13. The number of benzene rings is 2. The minimum absolute atomic E-state index is 0.169. The first-order valence-corrected chi connectivity index (χ1v) is 6.17. The van der Waals surface area contributed by atoms with Gasteiger partial charge in [-0.2, -0.15) is 0 Å². The summed E-state index contributed by atoms with van der Waals surface area (Å²) in [6.07, 6.45) is 0. The Hall–Kier alpha value is -2.40. The molecule has 1 aromatic heterocycles. The lowest BCUT2D eigenvalue weighted by Crippen LogP contribution is -2.20. The van der Waals surface area contributed by atoms with E-state index >= 15 is 0 Å². The Morgan fingerprint density at radius 1 is 1.11 bits per heavy atom. The second kappa shape index (κ2) is 4.37. The Kier molecular flexibility index (Phi) is 2.68. The largest absolute Gasteiger partial charge is 0.399 e.